The first kappa shape index (κ1) is 17.0. The zero-order valence-electron chi connectivity index (χ0n) is 11.8. The average Bonchev–Trinajstić information content (AvgIpc) is 3.08. The number of carbonyl (C=O) groups is 1. The van der Waals surface area contributed by atoms with Crippen molar-refractivity contribution >= 4 is 43.7 Å². The molecule has 0 aliphatic carbocycles. The molecule has 11 heteroatoms. The van der Waals surface area contributed by atoms with Crippen LogP contribution in [0.4, 0.5) is 5.13 Å². The molecule has 2 aromatic rings. The smallest absolute Gasteiger partial charge is 0.272 e. The van der Waals surface area contributed by atoms with Crippen LogP contribution in [0.3, 0.4) is 0 Å². The minimum atomic E-state index is -3.87. The molecular weight excluding hydrogens is 348 g/mol. The van der Waals surface area contributed by atoms with Crippen molar-refractivity contribution in [3.8, 4) is 0 Å². The SMILES string of the molecule is CC(=O)Nc1nnc(S(=O)(=O)N(C)CC(O)c2cccs2)s1. The van der Waals surface area contributed by atoms with Gasteiger partial charge in [-0.2, -0.15) is 4.31 Å². The van der Waals surface area contributed by atoms with E-state index in [1.54, 1.807) is 17.5 Å². The topological polar surface area (TPSA) is 112 Å². The molecule has 2 aromatic heterocycles. The molecule has 0 bridgehead atoms. The van der Waals surface area contributed by atoms with Crippen molar-refractivity contribution in [2.75, 3.05) is 18.9 Å². The maximum Gasteiger partial charge on any atom is 0.272 e. The van der Waals surface area contributed by atoms with Crippen LogP contribution in [0, 0.1) is 0 Å². The summed E-state index contributed by atoms with van der Waals surface area (Å²) in [6.07, 6.45) is -0.914. The third-order valence-electron chi connectivity index (χ3n) is 2.62. The molecule has 2 rings (SSSR count). The number of hydrogen-bond donors (Lipinski definition) is 2. The molecule has 0 radical (unpaired) electrons. The predicted molar refractivity (Wildman–Crippen MR) is 83.3 cm³/mol. The molecule has 1 unspecified atom stereocenters. The highest BCUT2D eigenvalue weighted by molar-refractivity contribution is 7.91. The minimum Gasteiger partial charge on any atom is -0.386 e. The Balaban J connectivity index is 2.11. The van der Waals surface area contributed by atoms with Crippen LogP contribution in [0.2, 0.25) is 0 Å². The molecule has 2 N–H and O–H groups in total. The van der Waals surface area contributed by atoms with Crippen LogP contribution >= 0.6 is 22.7 Å². The fraction of sp³-hybridized carbons (Fsp3) is 0.364. The summed E-state index contributed by atoms with van der Waals surface area (Å²) in [7, 11) is -2.52. The Labute approximate surface area is 135 Å². The summed E-state index contributed by atoms with van der Waals surface area (Å²) in [5.41, 5.74) is 0. The number of thiophene rings is 1. The van der Waals surface area contributed by atoms with E-state index >= 15 is 0 Å². The Kier molecular flexibility index (Phi) is 5.24. The Morgan fingerprint density at radius 2 is 2.23 bits per heavy atom. The van der Waals surface area contributed by atoms with E-state index in [9.17, 15) is 18.3 Å². The lowest BCUT2D eigenvalue weighted by atomic mass is 10.3. The van der Waals surface area contributed by atoms with Gasteiger partial charge in [-0.3, -0.25) is 4.79 Å². The van der Waals surface area contributed by atoms with Gasteiger partial charge in [0, 0.05) is 25.4 Å². The van der Waals surface area contributed by atoms with Crippen molar-refractivity contribution < 1.29 is 18.3 Å². The second-order valence-corrected chi connectivity index (χ2v) is 8.55. The van der Waals surface area contributed by atoms with E-state index in [1.165, 1.54) is 25.3 Å². The quantitative estimate of drug-likeness (QED) is 0.739. The first-order valence-electron chi connectivity index (χ1n) is 6.09. The standard InChI is InChI=1S/C11H14N4O4S3/c1-7(16)12-10-13-14-11(21-10)22(18,19)15(2)6-8(17)9-4-3-5-20-9/h3-5,8,17H,6H2,1-2H3,(H,12,13,16). The van der Waals surface area contributed by atoms with Crippen molar-refractivity contribution in [2.24, 2.45) is 0 Å². The number of aliphatic hydroxyl groups is 1. The molecule has 22 heavy (non-hydrogen) atoms. The molecule has 120 valence electrons. The summed E-state index contributed by atoms with van der Waals surface area (Å²) in [4.78, 5) is 11.6. The lowest BCUT2D eigenvalue weighted by Crippen LogP contribution is -2.31. The summed E-state index contributed by atoms with van der Waals surface area (Å²) in [5.74, 6) is -0.360. The largest absolute Gasteiger partial charge is 0.386 e. The van der Waals surface area contributed by atoms with Crippen LogP contribution < -0.4 is 5.32 Å². The number of hydrogen-bond acceptors (Lipinski definition) is 8. The Bertz CT molecular complexity index is 741. The van der Waals surface area contributed by atoms with Gasteiger partial charge in [0.05, 0.1) is 0 Å². The van der Waals surface area contributed by atoms with Gasteiger partial charge in [-0.05, 0) is 11.4 Å². The van der Waals surface area contributed by atoms with E-state index in [-0.39, 0.29) is 21.9 Å². The van der Waals surface area contributed by atoms with Crippen LogP contribution in [0.1, 0.15) is 17.9 Å². The highest BCUT2D eigenvalue weighted by Gasteiger charge is 2.28. The Morgan fingerprint density at radius 3 is 2.82 bits per heavy atom. The number of nitrogens with one attached hydrogen (secondary N) is 1. The predicted octanol–water partition coefficient (Wildman–Crippen LogP) is 0.912. The first-order valence-corrected chi connectivity index (χ1v) is 9.23. The Morgan fingerprint density at radius 1 is 1.50 bits per heavy atom. The number of nitrogens with zero attached hydrogens (tertiary/aromatic N) is 3. The molecule has 0 saturated carbocycles. The van der Waals surface area contributed by atoms with Crippen molar-refractivity contribution in [1.82, 2.24) is 14.5 Å². The van der Waals surface area contributed by atoms with Gasteiger partial charge >= 0.3 is 0 Å². The molecule has 0 fully saturated rings. The molecule has 8 nitrogen and oxygen atoms in total. The minimum absolute atomic E-state index is 0.0993. The van der Waals surface area contributed by atoms with E-state index in [0.717, 1.165) is 15.6 Å². The first-order chi connectivity index (χ1) is 10.3. The molecule has 1 amide bonds. The van der Waals surface area contributed by atoms with Crippen molar-refractivity contribution in [3.63, 3.8) is 0 Å². The normalized spacial score (nSPS) is 13.3. The van der Waals surface area contributed by atoms with Gasteiger partial charge in [0.2, 0.25) is 15.4 Å². The fourth-order valence-electron chi connectivity index (χ4n) is 1.56. The number of aromatic nitrogens is 2. The van der Waals surface area contributed by atoms with Gasteiger partial charge < -0.3 is 10.4 Å². The molecule has 0 aliphatic heterocycles. The van der Waals surface area contributed by atoms with Crippen LogP contribution in [0.5, 0.6) is 0 Å². The van der Waals surface area contributed by atoms with Crippen molar-refractivity contribution in [3.05, 3.63) is 22.4 Å². The lowest BCUT2D eigenvalue weighted by Gasteiger charge is -2.18. The third-order valence-corrected chi connectivity index (χ3v) is 6.60. The third kappa shape index (κ3) is 3.87. The molecule has 0 aliphatic rings. The van der Waals surface area contributed by atoms with E-state index in [0.29, 0.717) is 4.88 Å². The van der Waals surface area contributed by atoms with Crippen molar-refractivity contribution in [2.45, 2.75) is 17.4 Å². The number of amides is 1. The number of anilines is 1. The summed E-state index contributed by atoms with van der Waals surface area (Å²) in [6.45, 7) is 1.19. The molecule has 1 atom stereocenters. The zero-order valence-corrected chi connectivity index (χ0v) is 14.2. The molecular formula is C11H14N4O4S3. The van der Waals surface area contributed by atoms with Crippen LogP contribution in [0.15, 0.2) is 21.9 Å². The maximum atomic E-state index is 12.3. The molecule has 0 saturated heterocycles. The molecule has 0 spiro atoms. The van der Waals surface area contributed by atoms with Crippen LogP contribution in [-0.2, 0) is 14.8 Å². The van der Waals surface area contributed by atoms with Crippen molar-refractivity contribution in [1.29, 1.82) is 0 Å². The van der Waals surface area contributed by atoms with Gasteiger partial charge in [-0.25, -0.2) is 8.42 Å². The highest BCUT2D eigenvalue weighted by atomic mass is 32.2. The summed E-state index contributed by atoms with van der Waals surface area (Å²) >= 11 is 2.10. The second-order valence-electron chi connectivity index (χ2n) is 4.37. The van der Waals surface area contributed by atoms with Gasteiger partial charge in [-0.1, -0.05) is 17.4 Å². The van der Waals surface area contributed by atoms with Crippen LogP contribution in [0.25, 0.3) is 0 Å². The Hall–Kier alpha value is -1.40. The van der Waals surface area contributed by atoms with E-state index in [4.69, 9.17) is 0 Å². The highest BCUT2D eigenvalue weighted by Crippen LogP contribution is 2.25. The van der Waals surface area contributed by atoms with Gasteiger partial charge in [-0.15, -0.1) is 21.5 Å². The number of rotatable bonds is 6. The maximum absolute atomic E-state index is 12.3. The zero-order chi connectivity index (χ0) is 16.3. The number of carbonyl (C=O) groups excluding carboxylic acids is 1. The number of likely N-dealkylation sites (N-methyl/N-ethyl adjacent to an activating group) is 1. The number of aliphatic hydroxyl groups excluding tert-OH is 1. The molecule has 0 aromatic carbocycles. The van der Waals surface area contributed by atoms with Gasteiger partial charge in [0.25, 0.3) is 10.0 Å². The van der Waals surface area contributed by atoms with E-state index in [1.807, 2.05) is 0 Å². The summed E-state index contributed by atoms with van der Waals surface area (Å²) < 4.78 is 25.5. The number of sulfonamides is 1. The monoisotopic (exact) mass is 362 g/mol. The summed E-state index contributed by atoms with van der Waals surface area (Å²) in [6, 6.07) is 3.51. The van der Waals surface area contributed by atoms with E-state index in [2.05, 4.69) is 15.5 Å². The average molecular weight is 362 g/mol. The van der Waals surface area contributed by atoms with Crippen LogP contribution in [-0.4, -0.2) is 47.5 Å². The fourth-order valence-corrected chi connectivity index (χ4v) is 4.58. The van der Waals surface area contributed by atoms with E-state index < -0.39 is 16.1 Å². The lowest BCUT2D eigenvalue weighted by molar-refractivity contribution is -0.114. The van der Waals surface area contributed by atoms with Gasteiger partial charge in [0.15, 0.2) is 0 Å². The van der Waals surface area contributed by atoms with Gasteiger partial charge in [0.1, 0.15) is 6.10 Å². The summed E-state index contributed by atoms with van der Waals surface area (Å²) in [5, 5.41) is 21.5. The second kappa shape index (κ2) is 6.79. The molecule has 2 heterocycles.